The molecule has 1 aromatic rings. The van der Waals surface area contributed by atoms with Crippen LogP contribution >= 0.6 is 0 Å². The number of allylic oxidation sites excluding steroid dienone is 1. The molecule has 43 heavy (non-hydrogen) atoms. The Balaban J connectivity index is 1.24. The minimum absolute atomic E-state index is 0.0225. The molecule has 230 valence electrons. The summed E-state index contributed by atoms with van der Waals surface area (Å²) >= 11 is 0. The number of nitrogens with zero attached hydrogens (tertiary/aromatic N) is 3. The standard InChI is InChI=1S/C31H37FN4O7/c1-18(2)41-29(39)33-24-12-7-5-3-4-6-10-20-14-31(20)28(38)43-26(34-31)25-13-21(16-36(25)27(24)37)42-30(40)35-15-19-9-8-11-23(32)22(19)17-35/h6,8-11,18,20-21,24-25H,3-5,7,12-17H2,1-2H3,(H,33,39). The lowest BCUT2D eigenvalue weighted by atomic mass is 10.0. The van der Waals surface area contributed by atoms with Crippen molar-refractivity contribution in [1.82, 2.24) is 15.1 Å². The number of ether oxygens (including phenoxy) is 3. The van der Waals surface area contributed by atoms with Gasteiger partial charge in [0.05, 0.1) is 19.2 Å². The van der Waals surface area contributed by atoms with Crippen molar-refractivity contribution < 1.29 is 37.8 Å². The number of halogens is 1. The smallest absolute Gasteiger partial charge is 0.410 e. The number of aliphatic imine (C=N–C) groups is 1. The topological polar surface area (TPSA) is 127 Å². The van der Waals surface area contributed by atoms with Gasteiger partial charge in [0.1, 0.15) is 24.0 Å². The third-order valence-electron chi connectivity index (χ3n) is 8.79. The van der Waals surface area contributed by atoms with Crippen LogP contribution in [0, 0.1) is 11.7 Å². The fourth-order valence-electron chi connectivity index (χ4n) is 6.44. The summed E-state index contributed by atoms with van der Waals surface area (Å²) in [7, 11) is 0. The zero-order valence-corrected chi connectivity index (χ0v) is 24.4. The van der Waals surface area contributed by atoms with Crippen molar-refractivity contribution in [2.45, 2.75) is 102 Å². The number of carbonyl (C=O) groups is 4. The average Bonchev–Trinajstić information content (AvgIpc) is 3.25. The Morgan fingerprint density at radius 2 is 2.02 bits per heavy atom. The fraction of sp³-hybridized carbons (Fsp3) is 0.581. The Kier molecular flexibility index (Phi) is 7.87. The van der Waals surface area contributed by atoms with Crippen LogP contribution in [0.25, 0.3) is 0 Å². The molecular weight excluding hydrogens is 559 g/mol. The molecule has 6 rings (SSSR count). The zero-order chi connectivity index (χ0) is 30.3. The first-order valence-electron chi connectivity index (χ1n) is 15.1. The maximum atomic E-state index is 14.3. The predicted octanol–water partition coefficient (Wildman–Crippen LogP) is 3.98. The van der Waals surface area contributed by atoms with Gasteiger partial charge >= 0.3 is 18.2 Å². The summed E-state index contributed by atoms with van der Waals surface area (Å²) in [5.74, 6) is -1.13. The summed E-state index contributed by atoms with van der Waals surface area (Å²) in [4.78, 5) is 60.4. The van der Waals surface area contributed by atoms with Gasteiger partial charge in [0.25, 0.3) is 0 Å². The van der Waals surface area contributed by atoms with Gasteiger partial charge in [0.2, 0.25) is 11.8 Å². The predicted molar refractivity (Wildman–Crippen MR) is 151 cm³/mol. The SMILES string of the molecule is CC(C)OC(=O)NC1CCCCCC=CC2CC23N=C(OC3=O)C2CC(OC(=O)N3Cc4cccc(F)c4C3)CN2C1=O. The normalized spacial score (nSPS) is 30.0. The zero-order valence-electron chi connectivity index (χ0n) is 24.4. The minimum Gasteiger partial charge on any atom is -0.447 e. The molecule has 0 aromatic heterocycles. The van der Waals surface area contributed by atoms with Crippen molar-refractivity contribution in [3.05, 3.63) is 47.3 Å². The molecule has 1 N–H and O–H groups in total. The number of alkyl carbamates (subject to hydrolysis) is 1. The summed E-state index contributed by atoms with van der Waals surface area (Å²) in [5.41, 5.74) is 0.208. The quantitative estimate of drug-likeness (QED) is 0.318. The van der Waals surface area contributed by atoms with Crippen molar-refractivity contribution in [2.75, 3.05) is 6.54 Å². The highest BCUT2D eigenvalue weighted by atomic mass is 19.1. The van der Waals surface area contributed by atoms with Crippen molar-refractivity contribution in [3.8, 4) is 0 Å². The van der Waals surface area contributed by atoms with Crippen LogP contribution < -0.4 is 5.32 Å². The molecule has 2 bridgehead atoms. The van der Waals surface area contributed by atoms with E-state index in [1.165, 1.54) is 15.9 Å². The second kappa shape index (κ2) is 11.6. The van der Waals surface area contributed by atoms with Gasteiger partial charge in [0, 0.05) is 24.4 Å². The number of carbonyl (C=O) groups excluding carboxylic acids is 4. The highest BCUT2D eigenvalue weighted by Crippen LogP contribution is 2.52. The van der Waals surface area contributed by atoms with Gasteiger partial charge in [-0.15, -0.1) is 0 Å². The Morgan fingerprint density at radius 1 is 1.19 bits per heavy atom. The first-order valence-corrected chi connectivity index (χ1v) is 15.1. The fourth-order valence-corrected chi connectivity index (χ4v) is 6.44. The van der Waals surface area contributed by atoms with E-state index in [-0.39, 0.29) is 55.7 Å². The van der Waals surface area contributed by atoms with Gasteiger partial charge in [-0.3, -0.25) is 9.69 Å². The molecule has 11 nitrogen and oxygen atoms in total. The van der Waals surface area contributed by atoms with E-state index in [4.69, 9.17) is 19.2 Å². The van der Waals surface area contributed by atoms with Gasteiger partial charge in [0.15, 0.2) is 5.54 Å². The van der Waals surface area contributed by atoms with Crippen molar-refractivity contribution in [1.29, 1.82) is 0 Å². The monoisotopic (exact) mass is 596 g/mol. The first kappa shape index (κ1) is 29.1. The summed E-state index contributed by atoms with van der Waals surface area (Å²) in [5, 5.41) is 2.72. The van der Waals surface area contributed by atoms with Crippen molar-refractivity contribution in [2.24, 2.45) is 10.9 Å². The summed E-state index contributed by atoms with van der Waals surface area (Å²) in [6, 6.07) is 3.09. The number of nitrogens with one attached hydrogen (secondary N) is 1. The molecule has 4 heterocycles. The Hall–Kier alpha value is -3.96. The lowest BCUT2D eigenvalue weighted by molar-refractivity contribution is -0.138. The number of esters is 1. The minimum atomic E-state index is -0.973. The molecule has 1 saturated carbocycles. The molecule has 1 aromatic carbocycles. The summed E-state index contributed by atoms with van der Waals surface area (Å²) in [6.07, 6.45) is 6.09. The van der Waals surface area contributed by atoms with Gasteiger partial charge < -0.3 is 24.4 Å². The summed E-state index contributed by atoms with van der Waals surface area (Å²) < 4.78 is 31.1. The molecule has 5 unspecified atom stereocenters. The summed E-state index contributed by atoms with van der Waals surface area (Å²) in [6.45, 7) is 3.78. The number of hydrogen-bond donors (Lipinski definition) is 1. The molecule has 12 heteroatoms. The molecule has 5 atom stereocenters. The average molecular weight is 597 g/mol. The van der Waals surface area contributed by atoms with E-state index in [0.29, 0.717) is 24.8 Å². The van der Waals surface area contributed by atoms with E-state index >= 15 is 0 Å². The van der Waals surface area contributed by atoms with Crippen LogP contribution in [0.3, 0.4) is 0 Å². The van der Waals surface area contributed by atoms with Crippen molar-refractivity contribution >= 4 is 30.0 Å². The molecule has 1 saturated heterocycles. The Bertz CT molecular complexity index is 1380. The van der Waals surface area contributed by atoms with Crippen LogP contribution in [-0.2, 0) is 36.9 Å². The molecular formula is C31H37FN4O7. The van der Waals surface area contributed by atoms with Gasteiger partial charge in [-0.05, 0) is 51.2 Å². The van der Waals surface area contributed by atoms with E-state index < -0.39 is 41.9 Å². The highest BCUT2D eigenvalue weighted by Gasteiger charge is 2.65. The maximum absolute atomic E-state index is 14.3. The lowest BCUT2D eigenvalue weighted by Gasteiger charge is -2.28. The third kappa shape index (κ3) is 5.83. The van der Waals surface area contributed by atoms with Crippen molar-refractivity contribution in [3.63, 3.8) is 0 Å². The van der Waals surface area contributed by atoms with E-state index in [1.807, 2.05) is 6.08 Å². The number of fused-ring (bicyclic) bond motifs is 3. The number of hydrogen-bond acceptors (Lipinski definition) is 8. The molecule has 5 aliphatic rings. The van der Waals surface area contributed by atoms with Gasteiger partial charge in [-0.2, -0.15) is 0 Å². The Labute approximate surface area is 249 Å². The first-order chi connectivity index (χ1) is 20.6. The maximum Gasteiger partial charge on any atom is 0.410 e. The van der Waals surface area contributed by atoms with Crippen LogP contribution in [0.1, 0.15) is 69.9 Å². The third-order valence-corrected chi connectivity index (χ3v) is 8.79. The van der Waals surface area contributed by atoms with Gasteiger partial charge in [-0.25, -0.2) is 23.8 Å². The second-order valence-electron chi connectivity index (χ2n) is 12.3. The molecule has 2 fully saturated rings. The van der Waals surface area contributed by atoms with Crippen LogP contribution in [-0.4, -0.2) is 76.1 Å². The number of rotatable bonds is 3. The molecule has 4 aliphatic heterocycles. The van der Waals surface area contributed by atoms with Crippen LogP contribution in [0.2, 0.25) is 0 Å². The molecule has 0 radical (unpaired) electrons. The molecule has 1 aliphatic carbocycles. The number of benzene rings is 1. The van der Waals surface area contributed by atoms with Crippen LogP contribution in [0.5, 0.6) is 0 Å². The number of amides is 3. The Morgan fingerprint density at radius 3 is 2.81 bits per heavy atom. The van der Waals surface area contributed by atoms with Crippen LogP contribution in [0.15, 0.2) is 35.3 Å². The van der Waals surface area contributed by atoms with Gasteiger partial charge in [-0.1, -0.05) is 37.1 Å². The molecule has 1 spiro atoms. The van der Waals surface area contributed by atoms with E-state index in [1.54, 1.807) is 26.0 Å². The largest absolute Gasteiger partial charge is 0.447 e. The highest BCUT2D eigenvalue weighted by molar-refractivity contribution is 6.06. The van der Waals surface area contributed by atoms with E-state index in [2.05, 4.69) is 11.4 Å². The van der Waals surface area contributed by atoms with Crippen LogP contribution in [0.4, 0.5) is 14.0 Å². The second-order valence-corrected chi connectivity index (χ2v) is 12.3. The molecule has 3 amide bonds. The van der Waals surface area contributed by atoms with E-state index in [0.717, 1.165) is 24.8 Å². The lowest BCUT2D eigenvalue weighted by Crippen LogP contribution is -2.52. The van der Waals surface area contributed by atoms with E-state index in [9.17, 15) is 23.6 Å².